The average Bonchev–Trinajstić information content (AvgIpc) is 2.79. The smallest absolute Gasteiger partial charge is 0.244 e. The standard InChI is InChI=1S/C16H24N3.ClH/c1-13-9-14(2)16(15(3)10-13)11-19-8-7-18(12-19)6-4-5-17;/h7-10,12H,4-6,11,17H2,1-3H3;1H/q+1;/p-1. The van der Waals surface area contributed by atoms with Crippen LogP contribution in [-0.2, 0) is 13.1 Å². The molecule has 0 spiro atoms. The lowest BCUT2D eigenvalue weighted by molar-refractivity contribution is -0.688. The summed E-state index contributed by atoms with van der Waals surface area (Å²) in [5.41, 5.74) is 11.1. The van der Waals surface area contributed by atoms with Crippen molar-refractivity contribution in [3.63, 3.8) is 0 Å². The highest BCUT2D eigenvalue weighted by molar-refractivity contribution is 5.36. The van der Waals surface area contributed by atoms with Crippen molar-refractivity contribution in [2.24, 2.45) is 5.73 Å². The average molecular weight is 294 g/mol. The Morgan fingerprint density at radius 1 is 1.15 bits per heavy atom. The number of aromatic nitrogens is 2. The van der Waals surface area contributed by atoms with Crippen LogP contribution in [0, 0.1) is 20.8 Å². The van der Waals surface area contributed by atoms with Gasteiger partial charge >= 0.3 is 0 Å². The second-order valence-electron chi connectivity index (χ2n) is 5.34. The summed E-state index contributed by atoms with van der Waals surface area (Å²) in [7, 11) is 0. The minimum atomic E-state index is 0. The van der Waals surface area contributed by atoms with E-state index >= 15 is 0 Å². The zero-order chi connectivity index (χ0) is 13.8. The molecule has 0 aliphatic heterocycles. The van der Waals surface area contributed by atoms with E-state index in [4.69, 9.17) is 5.73 Å². The van der Waals surface area contributed by atoms with Crippen molar-refractivity contribution in [2.75, 3.05) is 6.54 Å². The first-order valence-electron chi connectivity index (χ1n) is 6.92. The molecule has 0 saturated carbocycles. The Morgan fingerprint density at radius 2 is 1.80 bits per heavy atom. The Hall–Kier alpha value is -1.32. The maximum Gasteiger partial charge on any atom is 0.244 e. The van der Waals surface area contributed by atoms with Gasteiger partial charge in [0.05, 0.1) is 6.54 Å². The van der Waals surface area contributed by atoms with Crippen molar-refractivity contribution >= 4 is 0 Å². The number of nitrogens with two attached hydrogens (primary N) is 1. The van der Waals surface area contributed by atoms with Gasteiger partial charge < -0.3 is 18.1 Å². The van der Waals surface area contributed by atoms with Crippen LogP contribution in [0.2, 0.25) is 0 Å². The first kappa shape index (κ1) is 16.7. The first-order chi connectivity index (χ1) is 9.10. The highest BCUT2D eigenvalue weighted by Crippen LogP contribution is 2.15. The van der Waals surface area contributed by atoms with Crippen LogP contribution in [0.3, 0.4) is 0 Å². The normalized spacial score (nSPS) is 10.4. The molecule has 20 heavy (non-hydrogen) atoms. The van der Waals surface area contributed by atoms with Crippen LogP contribution >= 0.6 is 0 Å². The van der Waals surface area contributed by atoms with Crippen LogP contribution in [0.4, 0.5) is 0 Å². The van der Waals surface area contributed by atoms with E-state index in [1.807, 2.05) is 0 Å². The van der Waals surface area contributed by atoms with Gasteiger partial charge in [0.2, 0.25) is 6.33 Å². The third-order valence-electron chi connectivity index (χ3n) is 3.55. The molecule has 2 N–H and O–H groups in total. The number of halogens is 1. The van der Waals surface area contributed by atoms with E-state index in [0.717, 1.165) is 26.1 Å². The number of aryl methyl sites for hydroxylation is 4. The Labute approximate surface area is 127 Å². The molecule has 1 heterocycles. The molecule has 0 unspecified atom stereocenters. The van der Waals surface area contributed by atoms with Gasteiger partial charge in [0.1, 0.15) is 18.9 Å². The highest BCUT2D eigenvalue weighted by Gasteiger charge is 2.09. The minimum Gasteiger partial charge on any atom is -1.00 e. The molecule has 4 heteroatoms. The molecule has 2 aromatic rings. The quantitative estimate of drug-likeness (QED) is 0.713. The largest absolute Gasteiger partial charge is 1.00 e. The van der Waals surface area contributed by atoms with E-state index in [2.05, 4.69) is 60.8 Å². The van der Waals surface area contributed by atoms with Crippen LogP contribution in [0.5, 0.6) is 0 Å². The summed E-state index contributed by atoms with van der Waals surface area (Å²) in [6.45, 7) is 9.22. The maximum atomic E-state index is 5.54. The van der Waals surface area contributed by atoms with Gasteiger partial charge in [-0.05, 0) is 50.4 Å². The Bertz CT molecular complexity index is 538. The molecule has 0 atom stereocenters. The first-order valence-corrected chi connectivity index (χ1v) is 6.92. The fraction of sp³-hybridized carbons (Fsp3) is 0.438. The minimum absolute atomic E-state index is 0. The number of nitrogens with zero attached hydrogens (tertiary/aromatic N) is 2. The van der Waals surface area contributed by atoms with Gasteiger partial charge in [0.15, 0.2) is 0 Å². The van der Waals surface area contributed by atoms with Crippen LogP contribution in [0.1, 0.15) is 28.7 Å². The summed E-state index contributed by atoms with van der Waals surface area (Å²) in [6, 6.07) is 4.52. The predicted octanol–water partition coefficient (Wildman–Crippen LogP) is -0.898. The van der Waals surface area contributed by atoms with E-state index in [1.54, 1.807) is 0 Å². The Balaban J connectivity index is 0.00000200. The second kappa shape index (κ2) is 7.46. The van der Waals surface area contributed by atoms with E-state index in [9.17, 15) is 0 Å². The van der Waals surface area contributed by atoms with Crippen molar-refractivity contribution in [2.45, 2.75) is 40.3 Å². The summed E-state index contributed by atoms with van der Waals surface area (Å²) < 4.78 is 4.44. The van der Waals surface area contributed by atoms with Gasteiger partial charge in [-0.15, -0.1) is 0 Å². The number of hydrogen-bond donors (Lipinski definition) is 1. The van der Waals surface area contributed by atoms with E-state index < -0.39 is 0 Å². The third kappa shape index (κ3) is 4.09. The summed E-state index contributed by atoms with van der Waals surface area (Å²) in [4.78, 5) is 0. The van der Waals surface area contributed by atoms with Gasteiger partial charge in [0, 0.05) is 0 Å². The van der Waals surface area contributed by atoms with Crippen molar-refractivity contribution < 1.29 is 17.0 Å². The van der Waals surface area contributed by atoms with Gasteiger partial charge in [-0.3, -0.25) is 0 Å². The zero-order valence-corrected chi connectivity index (χ0v) is 13.3. The van der Waals surface area contributed by atoms with Crippen LogP contribution in [0.25, 0.3) is 0 Å². The molecule has 3 nitrogen and oxygen atoms in total. The molecule has 1 aromatic carbocycles. The second-order valence-corrected chi connectivity index (χ2v) is 5.34. The monoisotopic (exact) mass is 293 g/mol. The highest BCUT2D eigenvalue weighted by atomic mass is 35.5. The summed E-state index contributed by atoms with van der Waals surface area (Å²) in [6.07, 6.45) is 7.44. The summed E-state index contributed by atoms with van der Waals surface area (Å²) >= 11 is 0. The number of hydrogen-bond acceptors (Lipinski definition) is 1. The van der Waals surface area contributed by atoms with Crippen molar-refractivity contribution in [3.8, 4) is 0 Å². The van der Waals surface area contributed by atoms with Crippen molar-refractivity contribution in [1.29, 1.82) is 0 Å². The molecule has 0 amide bonds. The van der Waals surface area contributed by atoms with Crippen LogP contribution in [-0.4, -0.2) is 11.1 Å². The lowest BCUT2D eigenvalue weighted by Gasteiger charge is -2.09. The van der Waals surface area contributed by atoms with E-state index in [-0.39, 0.29) is 12.4 Å². The number of benzene rings is 1. The fourth-order valence-corrected chi connectivity index (χ4v) is 2.58. The third-order valence-corrected chi connectivity index (χ3v) is 3.55. The molecule has 0 aliphatic carbocycles. The summed E-state index contributed by atoms with van der Waals surface area (Å²) in [5.74, 6) is 0. The van der Waals surface area contributed by atoms with Gasteiger partial charge in [-0.25, -0.2) is 9.13 Å². The number of rotatable bonds is 5. The molecule has 0 radical (unpaired) electrons. The molecule has 2 rings (SSSR count). The molecule has 110 valence electrons. The van der Waals surface area contributed by atoms with Crippen LogP contribution in [0.15, 0.2) is 30.9 Å². The Kier molecular flexibility index (Phi) is 6.24. The fourth-order valence-electron chi connectivity index (χ4n) is 2.58. The lowest BCUT2D eigenvalue weighted by Crippen LogP contribution is -3.00. The molecule has 1 aromatic heterocycles. The number of imidazole rings is 1. The van der Waals surface area contributed by atoms with Gasteiger partial charge in [-0.2, -0.15) is 0 Å². The molecular weight excluding hydrogens is 270 g/mol. The van der Waals surface area contributed by atoms with Crippen molar-refractivity contribution in [3.05, 3.63) is 53.1 Å². The lowest BCUT2D eigenvalue weighted by atomic mass is 10.00. The predicted molar refractivity (Wildman–Crippen MR) is 78.1 cm³/mol. The zero-order valence-electron chi connectivity index (χ0n) is 12.6. The van der Waals surface area contributed by atoms with E-state index in [1.165, 1.54) is 22.3 Å². The van der Waals surface area contributed by atoms with Gasteiger partial charge in [-0.1, -0.05) is 17.7 Å². The topological polar surface area (TPSA) is 34.8 Å². The van der Waals surface area contributed by atoms with Crippen LogP contribution < -0.4 is 22.7 Å². The molecule has 0 aliphatic rings. The summed E-state index contributed by atoms with van der Waals surface area (Å²) in [5, 5.41) is 0. The van der Waals surface area contributed by atoms with Crippen molar-refractivity contribution in [1.82, 2.24) is 4.57 Å². The maximum absolute atomic E-state index is 5.54. The molecule has 0 fully saturated rings. The van der Waals surface area contributed by atoms with E-state index in [0.29, 0.717) is 0 Å². The molecule has 0 saturated heterocycles. The molecule has 0 bridgehead atoms. The van der Waals surface area contributed by atoms with Gasteiger partial charge in [0.25, 0.3) is 0 Å². The SMILES string of the molecule is Cc1cc(C)c(C[n+]2ccn(CCCN)c2)c(C)c1.[Cl-]. The Morgan fingerprint density at radius 3 is 2.40 bits per heavy atom. The molecular formula is C16H24ClN3.